The van der Waals surface area contributed by atoms with Gasteiger partial charge in [-0.3, -0.25) is 0 Å². The fourth-order valence-electron chi connectivity index (χ4n) is 2.02. The van der Waals surface area contributed by atoms with Crippen LogP contribution in [-0.4, -0.2) is 24.6 Å². The molecule has 68 valence electrons. The standard InChI is InChI=1S/C9H21OP/c1-8(2)10-11(4)7-5-6-9(11)3/h8-9,11H,5-7H2,1-4H3. The van der Waals surface area contributed by atoms with E-state index in [2.05, 4.69) is 27.4 Å². The molecule has 0 amide bonds. The molecular weight excluding hydrogens is 155 g/mol. The molecule has 2 heteroatoms. The second-order valence-electron chi connectivity index (χ2n) is 4.27. The Hall–Kier alpha value is 0.390. The molecule has 0 aromatic heterocycles. The van der Waals surface area contributed by atoms with Crippen LogP contribution in [0.3, 0.4) is 0 Å². The zero-order valence-corrected chi connectivity index (χ0v) is 9.18. The van der Waals surface area contributed by atoms with Crippen molar-refractivity contribution in [2.24, 2.45) is 0 Å². The van der Waals surface area contributed by atoms with E-state index in [-0.39, 0.29) is 0 Å². The minimum absolute atomic E-state index is 0.437. The van der Waals surface area contributed by atoms with Gasteiger partial charge >= 0.3 is 70.2 Å². The summed E-state index contributed by atoms with van der Waals surface area (Å²) in [4.78, 5) is 0. The van der Waals surface area contributed by atoms with Crippen molar-refractivity contribution in [2.45, 2.75) is 45.4 Å². The molecule has 0 aromatic carbocycles. The molecule has 1 fully saturated rings. The monoisotopic (exact) mass is 176 g/mol. The summed E-state index contributed by atoms with van der Waals surface area (Å²) in [6.07, 6.45) is 4.62. The zero-order valence-electron chi connectivity index (χ0n) is 8.18. The van der Waals surface area contributed by atoms with Crippen LogP contribution < -0.4 is 0 Å². The first-order valence-electron chi connectivity index (χ1n) is 4.72. The third kappa shape index (κ3) is 2.16. The van der Waals surface area contributed by atoms with Crippen molar-refractivity contribution in [3.8, 4) is 0 Å². The van der Waals surface area contributed by atoms with Crippen LogP contribution in [0.1, 0.15) is 33.6 Å². The van der Waals surface area contributed by atoms with Gasteiger partial charge in [0, 0.05) is 0 Å². The maximum atomic E-state index is 6.05. The van der Waals surface area contributed by atoms with Crippen LogP contribution in [0.25, 0.3) is 0 Å². The fraction of sp³-hybridized carbons (Fsp3) is 1.00. The van der Waals surface area contributed by atoms with Crippen molar-refractivity contribution in [1.29, 1.82) is 0 Å². The molecule has 0 spiro atoms. The third-order valence-electron chi connectivity index (χ3n) is 2.86. The summed E-state index contributed by atoms with van der Waals surface area (Å²) in [5.74, 6) is 0. The van der Waals surface area contributed by atoms with Gasteiger partial charge in [0.05, 0.1) is 0 Å². The van der Waals surface area contributed by atoms with Crippen LogP contribution >= 0.6 is 7.49 Å². The topological polar surface area (TPSA) is 9.23 Å². The van der Waals surface area contributed by atoms with Crippen molar-refractivity contribution >= 4 is 7.49 Å². The Morgan fingerprint density at radius 3 is 2.45 bits per heavy atom. The van der Waals surface area contributed by atoms with E-state index in [0.717, 1.165) is 5.66 Å². The Balaban J connectivity index is 2.51. The normalized spacial score (nSPS) is 32.6. The molecule has 1 saturated heterocycles. The van der Waals surface area contributed by atoms with Gasteiger partial charge < -0.3 is 0 Å². The van der Waals surface area contributed by atoms with Crippen LogP contribution in [0.5, 0.6) is 0 Å². The predicted molar refractivity (Wildman–Crippen MR) is 54.0 cm³/mol. The number of hydrogen-bond acceptors (Lipinski definition) is 1. The van der Waals surface area contributed by atoms with Gasteiger partial charge in [0.25, 0.3) is 0 Å². The molecule has 1 nitrogen and oxygen atoms in total. The summed E-state index contributed by atoms with van der Waals surface area (Å²) < 4.78 is 6.05. The van der Waals surface area contributed by atoms with E-state index in [4.69, 9.17) is 4.52 Å². The first-order chi connectivity index (χ1) is 5.04. The minimum atomic E-state index is -1.25. The average Bonchev–Trinajstić information content (AvgIpc) is 2.11. The number of hydrogen-bond donors (Lipinski definition) is 0. The summed E-state index contributed by atoms with van der Waals surface area (Å²) in [5.41, 5.74) is 0.880. The van der Waals surface area contributed by atoms with Gasteiger partial charge in [-0.25, -0.2) is 0 Å². The molecule has 1 atom stereocenters. The van der Waals surface area contributed by atoms with Gasteiger partial charge in [-0.2, -0.15) is 0 Å². The summed E-state index contributed by atoms with van der Waals surface area (Å²) in [7, 11) is -1.25. The average molecular weight is 176 g/mol. The van der Waals surface area contributed by atoms with Crippen molar-refractivity contribution < 1.29 is 4.52 Å². The third-order valence-corrected chi connectivity index (χ3v) is 7.59. The zero-order chi connectivity index (χ0) is 8.48. The van der Waals surface area contributed by atoms with Gasteiger partial charge in [-0.05, 0) is 0 Å². The van der Waals surface area contributed by atoms with Crippen LogP contribution in [0.2, 0.25) is 0 Å². The molecule has 1 rings (SSSR count). The molecule has 0 saturated carbocycles. The Labute approximate surface area is 70.9 Å². The Morgan fingerprint density at radius 1 is 1.45 bits per heavy atom. The second-order valence-corrected chi connectivity index (χ2v) is 8.62. The van der Waals surface area contributed by atoms with E-state index < -0.39 is 7.49 Å². The molecular formula is C9H21OP. The predicted octanol–water partition coefficient (Wildman–Crippen LogP) is 2.89. The maximum absolute atomic E-state index is 6.05. The molecule has 0 N–H and O–H groups in total. The van der Waals surface area contributed by atoms with E-state index in [1.807, 2.05) is 0 Å². The Kier molecular flexibility index (Phi) is 2.94. The van der Waals surface area contributed by atoms with Crippen LogP contribution in [-0.2, 0) is 4.52 Å². The molecule has 0 radical (unpaired) electrons. The number of rotatable bonds is 2. The van der Waals surface area contributed by atoms with E-state index >= 15 is 0 Å². The van der Waals surface area contributed by atoms with Gasteiger partial charge in [-0.1, -0.05) is 0 Å². The van der Waals surface area contributed by atoms with Crippen molar-refractivity contribution in [3.63, 3.8) is 0 Å². The van der Waals surface area contributed by atoms with Crippen LogP contribution in [0, 0.1) is 0 Å². The van der Waals surface area contributed by atoms with Gasteiger partial charge in [0.15, 0.2) is 0 Å². The molecule has 1 unspecified atom stereocenters. The molecule has 1 aliphatic rings. The molecule has 0 bridgehead atoms. The Morgan fingerprint density at radius 2 is 2.09 bits per heavy atom. The SMILES string of the molecule is CC(C)O[PH]1(C)CCCC1C. The molecule has 1 aliphatic heterocycles. The summed E-state index contributed by atoms with van der Waals surface area (Å²) >= 11 is 0. The first kappa shape index (κ1) is 9.48. The van der Waals surface area contributed by atoms with Crippen molar-refractivity contribution in [3.05, 3.63) is 0 Å². The van der Waals surface area contributed by atoms with Crippen LogP contribution in [0.15, 0.2) is 0 Å². The van der Waals surface area contributed by atoms with E-state index in [9.17, 15) is 0 Å². The second kappa shape index (κ2) is 3.41. The summed E-state index contributed by atoms with van der Waals surface area (Å²) in [6.45, 7) is 9.07. The quantitative estimate of drug-likeness (QED) is 0.588. The van der Waals surface area contributed by atoms with Crippen LogP contribution in [0.4, 0.5) is 0 Å². The van der Waals surface area contributed by atoms with Gasteiger partial charge in [0.2, 0.25) is 0 Å². The summed E-state index contributed by atoms with van der Waals surface area (Å²) in [5, 5.41) is 0. The molecule has 0 aliphatic carbocycles. The van der Waals surface area contributed by atoms with Crippen molar-refractivity contribution in [2.75, 3.05) is 12.8 Å². The summed E-state index contributed by atoms with van der Waals surface area (Å²) in [6, 6.07) is 0. The Bertz CT molecular complexity index is 136. The van der Waals surface area contributed by atoms with E-state index in [1.165, 1.54) is 19.0 Å². The first-order valence-corrected chi connectivity index (χ1v) is 7.42. The molecule has 11 heavy (non-hydrogen) atoms. The fourth-order valence-corrected chi connectivity index (χ4v) is 5.67. The van der Waals surface area contributed by atoms with Gasteiger partial charge in [0.1, 0.15) is 0 Å². The van der Waals surface area contributed by atoms with Gasteiger partial charge in [-0.15, -0.1) is 0 Å². The molecule has 0 aromatic rings. The van der Waals surface area contributed by atoms with E-state index in [0.29, 0.717) is 6.10 Å². The van der Waals surface area contributed by atoms with Crippen molar-refractivity contribution in [1.82, 2.24) is 0 Å². The molecule has 1 heterocycles. The van der Waals surface area contributed by atoms with E-state index in [1.54, 1.807) is 0 Å².